The quantitative estimate of drug-likeness (QED) is 0.582. The van der Waals surface area contributed by atoms with Gasteiger partial charge in [-0.05, 0) is 19.8 Å². The number of hydrogen-bond acceptors (Lipinski definition) is 3. The second kappa shape index (κ2) is 7.47. The molecular weight excluding hydrogens is 256 g/mol. The molecule has 0 spiro atoms. The van der Waals surface area contributed by atoms with Crippen LogP contribution in [-0.2, 0) is 9.53 Å². The van der Waals surface area contributed by atoms with Crippen LogP contribution in [0.3, 0.4) is 0 Å². The highest BCUT2D eigenvalue weighted by Gasteiger charge is 2.19. The summed E-state index contributed by atoms with van der Waals surface area (Å²) in [5, 5.41) is 3.04. The molecule has 1 aliphatic heterocycles. The van der Waals surface area contributed by atoms with Gasteiger partial charge in [0, 0.05) is 19.1 Å². The highest BCUT2D eigenvalue weighted by molar-refractivity contribution is 5.84. The fourth-order valence-electron chi connectivity index (χ4n) is 2.80. The Hall–Kier alpha value is -1.30. The lowest BCUT2D eigenvalue weighted by Crippen LogP contribution is -2.48. The maximum absolute atomic E-state index is 11.8. The Morgan fingerprint density at radius 2 is 2.15 bits per heavy atom. The molecule has 1 saturated heterocycles. The predicted molar refractivity (Wildman–Crippen MR) is 78.5 cm³/mol. The summed E-state index contributed by atoms with van der Waals surface area (Å²) in [6.45, 7) is 4.26. The van der Waals surface area contributed by atoms with Crippen molar-refractivity contribution in [1.29, 1.82) is 0 Å². The topological polar surface area (TPSA) is 80.0 Å². The number of amides is 1. The van der Waals surface area contributed by atoms with Crippen LogP contribution in [0, 0.1) is 0 Å². The maximum atomic E-state index is 11.8. The third-order valence-corrected chi connectivity index (χ3v) is 3.92. The zero-order valence-corrected chi connectivity index (χ0v) is 12.3. The van der Waals surface area contributed by atoms with E-state index in [-0.39, 0.29) is 18.6 Å². The van der Waals surface area contributed by atoms with E-state index in [9.17, 15) is 4.79 Å². The predicted octanol–water partition coefficient (Wildman–Crippen LogP) is 0.471. The number of carbonyl (C=O) groups excluding carboxylic acids is 1. The van der Waals surface area contributed by atoms with Gasteiger partial charge in [0.2, 0.25) is 5.91 Å². The zero-order chi connectivity index (χ0) is 14.4. The van der Waals surface area contributed by atoms with E-state index < -0.39 is 0 Å². The average molecular weight is 282 g/mol. The molecule has 0 bridgehead atoms. The van der Waals surface area contributed by atoms with E-state index >= 15 is 0 Å². The number of ether oxygens (including phenoxy) is 1. The number of guanidine groups is 1. The molecule has 1 saturated carbocycles. The third-order valence-electron chi connectivity index (χ3n) is 3.92. The first-order valence-electron chi connectivity index (χ1n) is 7.61. The lowest BCUT2D eigenvalue weighted by Gasteiger charge is -2.31. The van der Waals surface area contributed by atoms with Crippen LogP contribution in [0.1, 0.15) is 39.0 Å². The standard InChI is InChI=1S/C14H26N4O2/c1-11-10-18(7-8-20-11)14(15)16-9-13(19)17-12-5-3-2-4-6-12/h11-12H,2-10H2,1H3,(H2,15,16)(H,17,19). The summed E-state index contributed by atoms with van der Waals surface area (Å²) >= 11 is 0. The third kappa shape index (κ3) is 4.67. The number of nitrogens with two attached hydrogens (primary N) is 1. The van der Waals surface area contributed by atoms with Crippen LogP contribution in [0.25, 0.3) is 0 Å². The first-order chi connectivity index (χ1) is 9.65. The summed E-state index contributed by atoms with van der Waals surface area (Å²) in [7, 11) is 0. The Morgan fingerprint density at radius 3 is 2.85 bits per heavy atom. The largest absolute Gasteiger partial charge is 0.375 e. The summed E-state index contributed by atoms with van der Waals surface area (Å²) in [6, 6.07) is 0.330. The molecule has 6 nitrogen and oxygen atoms in total. The van der Waals surface area contributed by atoms with E-state index in [2.05, 4.69) is 10.3 Å². The highest BCUT2D eigenvalue weighted by atomic mass is 16.5. The lowest BCUT2D eigenvalue weighted by atomic mass is 9.95. The molecule has 20 heavy (non-hydrogen) atoms. The van der Waals surface area contributed by atoms with Gasteiger partial charge in [-0.15, -0.1) is 0 Å². The maximum Gasteiger partial charge on any atom is 0.242 e. The van der Waals surface area contributed by atoms with E-state index in [1.165, 1.54) is 19.3 Å². The molecule has 2 fully saturated rings. The van der Waals surface area contributed by atoms with Crippen molar-refractivity contribution in [3.05, 3.63) is 0 Å². The Kier molecular flexibility index (Phi) is 5.64. The molecule has 0 aromatic rings. The molecule has 2 aliphatic rings. The molecule has 0 aromatic carbocycles. The number of nitrogens with one attached hydrogen (secondary N) is 1. The van der Waals surface area contributed by atoms with Gasteiger partial charge < -0.3 is 20.7 Å². The van der Waals surface area contributed by atoms with Gasteiger partial charge in [-0.25, -0.2) is 4.99 Å². The summed E-state index contributed by atoms with van der Waals surface area (Å²) < 4.78 is 5.45. The van der Waals surface area contributed by atoms with Crippen LogP contribution in [0.5, 0.6) is 0 Å². The van der Waals surface area contributed by atoms with Crippen LogP contribution >= 0.6 is 0 Å². The second-order valence-corrected chi connectivity index (χ2v) is 5.70. The summed E-state index contributed by atoms with van der Waals surface area (Å²) in [6.07, 6.45) is 6.04. The van der Waals surface area contributed by atoms with Gasteiger partial charge in [0.05, 0.1) is 12.7 Å². The van der Waals surface area contributed by atoms with Crippen LogP contribution in [0.15, 0.2) is 4.99 Å². The minimum Gasteiger partial charge on any atom is -0.375 e. The Bertz CT molecular complexity index is 353. The second-order valence-electron chi connectivity index (χ2n) is 5.70. The van der Waals surface area contributed by atoms with Gasteiger partial charge in [0.25, 0.3) is 0 Å². The number of nitrogens with zero attached hydrogens (tertiary/aromatic N) is 2. The number of carbonyl (C=O) groups is 1. The lowest BCUT2D eigenvalue weighted by molar-refractivity contribution is -0.120. The van der Waals surface area contributed by atoms with Gasteiger partial charge in [-0.1, -0.05) is 19.3 Å². The minimum absolute atomic E-state index is 0.0267. The first kappa shape index (κ1) is 15.1. The van der Waals surface area contributed by atoms with E-state index in [4.69, 9.17) is 10.5 Å². The van der Waals surface area contributed by atoms with Gasteiger partial charge in [-0.2, -0.15) is 0 Å². The molecule has 0 radical (unpaired) electrons. The molecular formula is C14H26N4O2. The van der Waals surface area contributed by atoms with Gasteiger partial charge >= 0.3 is 0 Å². The SMILES string of the molecule is CC1CN(C(N)=NCC(=O)NC2CCCCC2)CCO1. The van der Waals surface area contributed by atoms with Crippen molar-refractivity contribution in [2.45, 2.75) is 51.2 Å². The molecule has 6 heteroatoms. The molecule has 1 amide bonds. The number of rotatable bonds is 3. The molecule has 0 aromatic heterocycles. The fraction of sp³-hybridized carbons (Fsp3) is 0.857. The van der Waals surface area contributed by atoms with E-state index in [1.807, 2.05) is 11.8 Å². The van der Waals surface area contributed by atoms with E-state index in [0.29, 0.717) is 18.6 Å². The molecule has 2 rings (SSSR count). The van der Waals surface area contributed by atoms with Crippen molar-refractivity contribution < 1.29 is 9.53 Å². The van der Waals surface area contributed by atoms with Crippen molar-refractivity contribution in [1.82, 2.24) is 10.2 Å². The minimum atomic E-state index is -0.0267. The summed E-state index contributed by atoms with van der Waals surface area (Å²) in [5.74, 6) is 0.417. The Balaban J connectivity index is 1.74. The summed E-state index contributed by atoms with van der Waals surface area (Å²) in [5.41, 5.74) is 5.93. The number of aliphatic imine (C=N–C) groups is 1. The summed E-state index contributed by atoms with van der Waals surface area (Å²) in [4.78, 5) is 18.0. The van der Waals surface area contributed by atoms with Crippen LogP contribution in [0.4, 0.5) is 0 Å². The van der Waals surface area contributed by atoms with Crippen molar-refractivity contribution in [3.63, 3.8) is 0 Å². The van der Waals surface area contributed by atoms with Crippen LogP contribution in [-0.4, -0.2) is 55.2 Å². The molecule has 114 valence electrons. The van der Waals surface area contributed by atoms with E-state index in [1.54, 1.807) is 0 Å². The first-order valence-corrected chi connectivity index (χ1v) is 7.61. The number of hydrogen-bond donors (Lipinski definition) is 2. The van der Waals surface area contributed by atoms with Crippen molar-refractivity contribution in [3.8, 4) is 0 Å². The molecule has 1 atom stereocenters. The van der Waals surface area contributed by atoms with Crippen molar-refractivity contribution in [2.24, 2.45) is 10.7 Å². The van der Waals surface area contributed by atoms with Gasteiger partial charge in [0.15, 0.2) is 5.96 Å². The van der Waals surface area contributed by atoms with E-state index in [0.717, 1.165) is 25.9 Å². The normalized spacial score (nSPS) is 25.6. The number of morpholine rings is 1. The van der Waals surface area contributed by atoms with Crippen LogP contribution < -0.4 is 11.1 Å². The Morgan fingerprint density at radius 1 is 1.40 bits per heavy atom. The Labute approximate surface area is 120 Å². The molecule has 1 unspecified atom stereocenters. The van der Waals surface area contributed by atoms with Crippen molar-refractivity contribution >= 4 is 11.9 Å². The van der Waals surface area contributed by atoms with Gasteiger partial charge in [0.1, 0.15) is 6.54 Å². The highest BCUT2D eigenvalue weighted by Crippen LogP contribution is 2.17. The monoisotopic (exact) mass is 282 g/mol. The van der Waals surface area contributed by atoms with Gasteiger partial charge in [-0.3, -0.25) is 4.79 Å². The molecule has 1 aliphatic carbocycles. The zero-order valence-electron chi connectivity index (χ0n) is 12.3. The fourth-order valence-corrected chi connectivity index (χ4v) is 2.80. The molecule has 3 N–H and O–H groups in total. The molecule has 1 heterocycles. The van der Waals surface area contributed by atoms with Crippen molar-refractivity contribution in [2.75, 3.05) is 26.2 Å². The average Bonchev–Trinajstić information content (AvgIpc) is 2.46. The van der Waals surface area contributed by atoms with Crippen LogP contribution in [0.2, 0.25) is 0 Å². The smallest absolute Gasteiger partial charge is 0.242 e.